The molecular formula is C12H14N4S2. The highest BCUT2D eigenvalue weighted by molar-refractivity contribution is 8.01. The third-order valence-electron chi connectivity index (χ3n) is 2.71. The standard InChI is InChI=1S/C12H14N4S2/c1-2-10(8-14-3-1)17-11-9-15-12(18-11)16-6-4-13-5-7-16/h1-3,8-9,13H,4-7H2. The van der Waals surface area contributed by atoms with Gasteiger partial charge in [0, 0.05) is 43.5 Å². The van der Waals surface area contributed by atoms with E-state index in [-0.39, 0.29) is 0 Å². The van der Waals surface area contributed by atoms with E-state index < -0.39 is 0 Å². The third-order valence-corrected chi connectivity index (χ3v) is 4.85. The van der Waals surface area contributed by atoms with Crippen molar-refractivity contribution in [2.75, 3.05) is 31.1 Å². The van der Waals surface area contributed by atoms with E-state index in [0.717, 1.165) is 36.2 Å². The molecule has 6 heteroatoms. The lowest BCUT2D eigenvalue weighted by molar-refractivity contribution is 0.588. The Labute approximate surface area is 114 Å². The van der Waals surface area contributed by atoms with Crippen LogP contribution in [-0.2, 0) is 0 Å². The summed E-state index contributed by atoms with van der Waals surface area (Å²) in [7, 11) is 0. The van der Waals surface area contributed by atoms with Gasteiger partial charge >= 0.3 is 0 Å². The monoisotopic (exact) mass is 278 g/mol. The summed E-state index contributed by atoms with van der Waals surface area (Å²) < 4.78 is 1.22. The first-order valence-electron chi connectivity index (χ1n) is 5.91. The van der Waals surface area contributed by atoms with E-state index in [4.69, 9.17) is 0 Å². The van der Waals surface area contributed by atoms with Gasteiger partial charge in [-0.05, 0) is 12.1 Å². The van der Waals surface area contributed by atoms with Crippen LogP contribution in [0.3, 0.4) is 0 Å². The minimum atomic E-state index is 1.05. The topological polar surface area (TPSA) is 41.1 Å². The molecule has 0 spiro atoms. The van der Waals surface area contributed by atoms with Crippen LogP contribution in [0.1, 0.15) is 0 Å². The molecule has 4 nitrogen and oxygen atoms in total. The third kappa shape index (κ3) is 2.82. The van der Waals surface area contributed by atoms with Crippen LogP contribution in [0.15, 0.2) is 39.8 Å². The molecule has 0 unspecified atom stereocenters. The van der Waals surface area contributed by atoms with Crippen LogP contribution in [0.5, 0.6) is 0 Å². The lowest BCUT2D eigenvalue weighted by Crippen LogP contribution is -2.43. The molecule has 3 rings (SSSR count). The fraction of sp³-hybridized carbons (Fsp3) is 0.333. The molecule has 0 bridgehead atoms. The van der Waals surface area contributed by atoms with Crippen molar-refractivity contribution in [1.82, 2.24) is 15.3 Å². The molecule has 1 saturated heterocycles. The Kier molecular flexibility index (Phi) is 3.78. The Morgan fingerprint density at radius 1 is 1.28 bits per heavy atom. The zero-order valence-electron chi connectivity index (χ0n) is 9.87. The molecule has 0 atom stereocenters. The number of aromatic nitrogens is 2. The van der Waals surface area contributed by atoms with Gasteiger partial charge in [-0.15, -0.1) is 0 Å². The number of rotatable bonds is 3. The van der Waals surface area contributed by atoms with Gasteiger partial charge < -0.3 is 10.2 Å². The summed E-state index contributed by atoms with van der Waals surface area (Å²) in [4.78, 5) is 12.1. The summed E-state index contributed by atoms with van der Waals surface area (Å²) in [5.41, 5.74) is 0. The van der Waals surface area contributed by atoms with E-state index in [9.17, 15) is 0 Å². The number of anilines is 1. The molecule has 1 fully saturated rings. The maximum Gasteiger partial charge on any atom is 0.186 e. The molecule has 1 aliphatic rings. The van der Waals surface area contributed by atoms with Gasteiger partial charge in [-0.1, -0.05) is 23.1 Å². The largest absolute Gasteiger partial charge is 0.346 e. The number of piperazine rings is 1. The first-order valence-corrected chi connectivity index (χ1v) is 7.54. The molecule has 1 aliphatic heterocycles. The van der Waals surface area contributed by atoms with Crippen LogP contribution in [0.4, 0.5) is 5.13 Å². The molecular weight excluding hydrogens is 264 g/mol. The quantitative estimate of drug-likeness (QED) is 0.931. The van der Waals surface area contributed by atoms with E-state index in [1.807, 2.05) is 18.5 Å². The summed E-state index contributed by atoms with van der Waals surface area (Å²) in [5, 5.41) is 4.48. The minimum Gasteiger partial charge on any atom is -0.346 e. The summed E-state index contributed by atoms with van der Waals surface area (Å²) in [5.74, 6) is 0. The Bertz CT molecular complexity index is 494. The SMILES string of the molecule is c1cncc(Sc2cnc(N3CCNCC3)s2)c1. The van der Waals surface area contributed by atoms with Crippen molar-refractivity contribution in [2.45, 2.75) is 9.10 Å². The van der Waals surface area contributed by atoms with E-state index >= 15 is 0 Å². The zero-order chi connectivity index (χ0) is 12.2. The normalized spacial score (nSPS) is 15.9. The van der Waals surface area contributed by atoms with Crippen molar-refractivity contribution >= 4 is 28.2 Å². The van der Waals surface area contributed by atoms with Crippen LogP contribution in [-0.4, -0.2) is 36.1 Å². The predicted octanol–water partition coefficient (Wildman–Crippen LogP) is 2.10. The first-order chi connectivity index (χ1) is 8.92. The molecule has 94 valence electrons. The van der Waals surface area contributed by atoms with Gasteiger partial charge in [0.05, 0.1) is 10.4 Å². The summed E-state index contributed by atoms with van der Waals surface area (Å²) in [6.07, 6.45) is 5.64. The Balaban J connectivity index is 1.69. The smallest absolute Gasteiger partial charge is 0.186 e. The molecule has 2 aromatic heterocycles. The maximum atomic E-state index is 4.51. The summed E-state index contributed by atoms with van der Waals surface area (Å²) >= 11 is 3.48. The summed E-state index contributed by atoms with van der Waals surface area (Å²) in [6.45, 7) is 4.18. The first kappa shape index (κ1) is 12.0. The molecule has 0 saturated carbocycles. The lowest BCUT2D eigenvalue weighted by Gasteiger charge is -2.26. The van der Waals surface area contributed by atoms with E-state index in [1.54, 1.807) is 29.3 Å². The number of pyridine rings is 1. The van der Waals surface area contributed by atoms with Crippen molar-refractivity contribution in [3.05, 3.63) is 30.7 Å². The molecule has 18 heavy (non-hydrogen) atoms. The number of hydrogen-bond acceptors (Lipinski definition) is 6. The van der Waals surface area contributed by atoms with Gasteiger partial charge in [0.2, 0.25) is 0 Å². The molecule has 0 aromatic carbocycles. The zero-order valence-corrected chi connectivity index (χ0v) is 11.5. The van der Waals surface area contributed by atoms with Crippen LogP contribution in [0.2, 0.25) is 0 Å². The molecule has 0 amide bonds. The van der Waals surface area contributed by atoms with Gasteiger partial charge in [-0.25, -0.2) is 4.98 Å². The summed E-state index contributed by atoms with van der Waals surface area (Å²) in [6, 6.07) is 4.03. The van der Waals surface area contributed by atoms with E-state index in [0.29, 0.717) is 0 Å². The second-order valence-electron chi connectivity index (χ2n) is 3.99. The van der Waals surface area contributed by atoms with Crippen LogP contribution in [0, 0.1) is 0 Å². The number of thiazole rings is 1. The van der Waals surface area contributed by atoms with Gasteiger partial charge in [0.25, 0.3) is 0 Å². The average molecular weight is 278 g/mol. The van der Waals surface area contributed by atoms with E-state index in [1.165, 1.54) is 4.21 Å². The van der Waals surface area contributed by atoms with Crippen molar-refractivity contribution < 1.29 is 0 Å². The van der Waals surface area contributed by atoms with Gasteiger partial charge in [-0.2, -0.15) is 0 Å². The van der Waals surface area contributed by atoms with Crippen molar-refractivity contribution in [3.8, 4) is 0 Å². The molecule has 0 radical (unpaired) electrons. The van der Waals surface area contributed by atoms with Gasteiger partial charge in [0.1, 0.15) is 0 Å². The average Bonchev–Trinajstić information content (AvgIpc) is 2.89. The Morgan fingerprint density at radius 3 is 2.94 bits per heavy atom. The second-order valence-corrected chi connectivity index (χ2v) is 6.37. The molecule has 3 heterocycles. The van der Waals surface area contributed by atoms with Gasteiger partial charge in [0.15, 0.2) is 5.13 Å². The number of hydrogen-bond donors (Lipinski definition) is 1. The van der Waals surface area contributed by atoms with Crippen LogP contribution in [0.25, 0.3) is 0 Å². The highest BCUT2D eigenvalue weighted by Crippen LogP contribution is 2.34. The highest BCUT2D eigenvalue weighted by atomic mass is 32.2. The van der Waals surface area contributed by atoms with Crippen LogP contribution < -0.4 is 10.2 Å². The van der Waals surface area contributed by atoms with Gasteiger partial charge in [-0.3, -0.25) is 4.98 Å². The minimum absolute atomic E-state index is 1.05. The van der Waals surface area contributed by atoms with Crippen molar-refractivity contribution in [3.63, 3.8) is 0 Å². The van der Waals surface area contributed by atoms with Crippen molar-refractivity contribution in [1.29, 1.82) is 0 Å². The Morgan fingerprint density at radius 2 is 2.17 bits per heavy atom. The second kappa shape index (κ2) is 5.69. The molecule has 1 N–H and O–H groups in total. The highest BCUT2D eigenvalue weighted by Gasteiger charge is 2.14. The van der Waals surface area contributed by atoms with E-state index in [2.05, 4.69) is 26.3 Å². The lowest BCUT2D eigenvalue weighted by atomic mass is 10.4. The molecule has 2 aromatic rings. The predicted molar refractivity (Wildman–Crippen MR) is 75.6 cm³/mol. The number of nitrogens with zero attached hydrogens (tertiary/aromatic N) is 3. The van der Waals surface area contributed by atoms with Crippen LogP contribution >= 0.6 is 23.1 Å². The number of nitrogens with one attached hydrogen (secondary N) is 1. The fourth-order valence-electron chi connectivity index (χ4n) is 1.82. The maximum absolute atomic E-state index is 4.51. The fourth-order valence-corrected chi connectivity index (χ4v) is 3.80. The Hall–Kier alpha value is -1.11. The van der Waals surface area contributed by atoms with Crippen molar-refractivity contribution in [2.24, 2.45) is 0 Å². The molecule has 0 aliphatic carbocycles.